The van der Waals surface area contributed by atoms with E-state index >= 15 is 0 Å². The SMILES string of the molecule is CC(=O)NCCc1ccc(S(=O)(=O)Nc2cc(Cl)ccc2Oc2ccccc2)cc1. The number of ether oxygens (including phenoxy) is 1. The van der Waals surface area contributed by atoms with E-state index in [2.05, 4.69) is 10.0 Å². The van der Waals surface area contributed by atoms with Crippen LogP contribution in [0.2, 0.25) is 5.02 Å². The van der Waals surface area contributed by atoms with Gasteiger partial charge in [0.05, 0.1) is 10.6 Å². The molecule has 0 aliphatic heterocycles. The van der Waals surface area contributed by atoms with Gasteiger partial charge in [0.1, 0.15) is 5.75 Å². The van der Waals surface area contributed by atoms with Gasteiger partial charge in [0.2, 0.25) is 5.91 Å². The Morgan fingerprint density at radius 2 is 1.70 bits per heavy atom. The van der Waals surface area contributed by atoms with Crippen LogP contribution in [0, 0.1) is 0 Å². The molecule has 0 aliphatic rings. The highest BCUT2D eigenvalue weighted by Gasteiger charge is 2.17. The van der Waals surface area contributed by atoms with E-state index in [-0.39, 0.29) is 16.5 Å². The van der Waals surface area contributed by atoms with E-state index < -0.39 is 10.0 Å². The number of anilines is 1. The van der Waals surface area contributed by atoms with E-state index in [0.717, 1.165) is 5.56 Å². The van der Waals surface area contributed by atoms with Crippen molar-refractivity contribution in [2.24, 2.45) is 0 Å². The van der Waals surface area contributed by atoms with Gasteiger partial charge in [-0.1, -0.05) is 41.9 Å². The van der Waals surface area contributed by atoms with Crippen molar-refractivity contribution in [3.63, 3.8) is 0 Å². The Bertz CT molecular complexity index is 1120. The minimum Gasteiger partial charge on any atom is -0.455 e. The van der Waals surface area contributed by atoms with Gasteiger partial charge >= 0.3 is 0 Å². The normalized spacial score (nSPS) is 11.0. The lowest BCUT2D eigenvalue weighted by atomic mass is 10.1. The van der Waals surface area contributed by atoms with Gasteiger partial charge in [0.25, 0.3) is 10.0 Å². The molecule has 0 saturated carbocycles. The number of rotatable bonds is 8. The Balaban J connectivity index is 1.78. The van der Waals surface area contributed by atoms with Crippen LogP contribution in [-0.4, -0.2) is 20.9 Å². The summed E-state index contributed by atoms with van der Waals surface area (Å²) < 4.78 is 34.1. The molecule has 0 fully saturated rings. The monoisotopic (exact) mass is 444 g/mol. The van der Waals surface area contributed by atoms with Crippen molar-refractivity contribution >= 4 is 33.2 Å². The van der Waals surface area contributed by atoms with E-state index in [9.17, 15) is 13.2 Å². The van der Waals surface area contributed by atoms with Crippen LogP contribution >= 0.6 is 11.6 Å². The largest absolute Gasteiger partial charge is 0.455 e. The third kappa shape index (κ3) is 5.98. The third-order valence-electron chi connectivity index (χ3n) is 4.18. The number of halogens is 1. The highest BCUT2D eigenvalue weighted by Crippen LogP contribution is 2.33. The Kier molecular flexibility index (Phi) is 6.97. The number of para-hydroxylation sites is 1. The van der Waals surface area contributed by atoms with Crippen molar-refractivity contribution in [3.05, 3.63) is 83.4 Å². The average Bonchev–Trinajstić information content (AvgIpc) is 2.71. The highest BCUT2D eigenvalue weighted by molar-refractivity contribution is 7.92. The molecule has 1 amide bonds. The number of nitrogens with one attached hydrogen (secondary N) is 2. The van der Waals surface area contributed by atoms with Crippen LogP contribution in [-0.2, 0) is 21.2 Å². The van der Waals surface area contributed by atoms with Gasteiger partial charge in [-0.05, 0) is 54.4 Å². The van der Waals surface area contributed by atoms with Gasteiger partial charge < -0.3 is 10.1 Å². The van der Waals surface area contributed by atoms with Gasteiger partial charge in [0, 0.05) is 18.5 Å². The van der Waals surface area contributed by atoms with Crippen molar-refractivity contribution in [2.45, 2.75) is 18.2 Å². The standard InChI is InChI=1S/C22H21ClN2O4S/c1-16(26)24-14-13-17-7-10-20(11-8-17)30(27,28)25-21-15-18(23)9-12-22(21)29-19-5-3-2-4-6-19/h2-12,15,25H,13-14H2,1H3,(H,24,26). The minimum atomic E-state index is -3.85. The number of sulfonamides is 1. The smallest absolute Gasteiger partial charge is 0.262 e. The molecule has 6 nitrogen and oxygen atoms in total. The van der Waals surface area contributed by atoms with Crippen LogP contribution in [0.4, 0.5) is 5.69 Å². The first-order chi connectivity index (χ1) is 14.3. The topological polar surface area (TPSA) is 84.5 Å². The van der Waals surface area contributed by atoms with Crippen molar-refractivity contribution in [3.8, 4) is 11.5 Å². The number of benzene rings is 3. The maximum Gasteiger partial charge on any atom is 0.262 e. The van der Waals surface area contributed by atoms with Crippen LogP contribution < -0.4 is 14.8 Å². The molecular formula is C22H21ClN2O4S. The lowest BCUT2D eigenvalue weighted by molar-refractivity contribution is -0.118. The molecule has 0 saturated heterocycles. The van der Waals surface area contributed by atoms with Gasteiger partial charge in [-0.25, -0.2) is 8.42 Å². The predicted molar refractivity (Wildman–Crippen MR) is 118 cm³/mol. The summed E-state index contributed by atoms with van der Waals surface area (Å²) in [4.78, 5) is 11.0. The van der Waals surface area contributed by atoms with Crippen LogP contribution in [0.25, 0.3) is 0 Å². The summed E-state index contributed by atoms with van der Waals surface area (Å²) in [5, 5.41) is 3.08. The first-order valence-electron chi connectivity index (χ1n) is 9.22. The highest BCUT2D eigenvalue weighted by atomic mass is 35.5. The fourth-order valence-electron chi connectivity index (χ4n) is 2.71. The lowest BCUT2D eigenvalue weighted by Gasteiger charge is -2.14. The Hall–Kier alpha value is -3.03. The Morgan fingerprint density at radius 3 is 2.37 bits per heavy atom. The van der Waals surface area contributed by atoms with Gasteiger partial charge in [-0.15, -0.1) is 0 Å². The van der Waals surface area contributed by atoms with Crippen LogP contribution in [0.1, 0.15) is 12.5 Å². The molecule has 3 aromatic carbocycles. The van der Waals surface area contributed by atoms with E-state index in [4.69, 9.17) is 16.3 Å². The summed E-state index contributed by atoms with van der Waals surface area (Å²) in [6, 6.07) is 20.3. The predicted octanol–water partition coefficient (Wildman–Crippen LogP) is 4.61. The molecule has 8 heteroatoms. The summed E-state index contributed by atoms with van der Waals surface area (Å²) in [6.45, 7) is 1.94. The van der Waals surface area contributed by atoms with E-state index in [1.807, 2.05) is 18.2 Å². The van der Waals surface area contributed by atoms with Crippen molar-refractivity contribution < 1.29 is 17.9 Å². The second kappa shape index (κ2) is 9.65. The number of hydrogen-bond acceptors (Lipinski definition) is 4. The molecule has 2 N–H and O–H groups in total. The van der Waals surface area contributed by atoms with Gasteiger partial charge in [0.15, 0.2) is 5.75 Å². The molecule has 0 spiro atoms. The first kappa shape index (κ1) is 21.7. The molecular weight excluding hydrogens is 424 g/mol. The van der Waals surface area contributed by atoms with Crippen LogP contribution in [0.3, 0.4) is 0 Å². The van der Waals surface area contributed by atoms with Crippen LogP contribution in [0.5, 0.6) is 11.5 Å². The summed E-state index contributed by atoms with van der Waals surface area (Å²) in [5.74, 6) is 0.804. The second-order valence-corrected chi connectivity index (χ2v) is 8.66. The molecule has 156 valence electrons. The zero-order valence-corrected chi connectivity index (χ0v) is 17.8. The molecule has 3 aromatic rings. The zero-order chi connectivity index (χ0) is 21.6. The van der Waals surface area contributed by atoms with Crippen molar-refractivity contribution in [1.82, 2.24) is 5.32 Å². The molecule has 3 rings (SSSR count). The Morgan fingerprint density at radius 1 is 1.00 bits per heavy atom. The number of carbonyl (C=O) groups is 1. The minimum absolute atomic E-state index is 0.103. The van der Waals surface area contributed by atoms with Gasteiger partial charge in [-0.3, -0.25) is 9.52 Å². The van der Waals surface area contributed by atoms with Crippen molar-refractivity contribution in [1.29, 1.82) is 0 Å². The number of amides is 1. The molecule has 30 heavy (non-hydrogen) atoms. The average molecular weight is 445 g/mol. The lowest BCUT2D eigenvalue weighted by Crippen LogP contribution is -2.22. The molecule has 0 unspecified atom stereocenters. The maximum absolute atomic E-state index is 12.9. The van der Waals surface area contributed by atoms with Crippen LogP contribution in [0.15, 0.2) is 77.7 Å². The molecule has 0 radical (unpaired) electrons. The zero-order valence-electron chi connectivity index (χ0n) is 16.3. The molecule has 0 aromatic heterocycles. The second-order valence-electron chi connectivity index (χ2n) is 6.54. The van der Waals surface area contributed by atoms with E-state index in [0.29, 0.717) is 29.5 Å². The van der Waals surface area contributed by atoms with E-state index in [1.54, 1.807) is 36.4 Å². The fourth-order valence-corrected chi connectivity index (χ4v) is 3.94. The molecule has 0 bridgehead atoms. The number of carbonyl (C=O) groups excluding carboxylic acids is 1. The summed E-state index contributed by atoms with van der Waals surface area (Å²) >= 11 is 6.07. The molecule has 0 aliphatic carbocycles. The summed E-state index contributed by atoms with van der Waals surface area (Å²) in [5.41, 5.74) is 1.15. The molecule has 0 atom stereocenters. The maximum atomic E-state index is 12.9. The van der Waals surface area contributed by atoms with E-state index in [1.165, 1.54) is 25.1 Å². The first-order valence-corrected chi connectivity index (χ1v) is 11.1. The Labute approximate surface area is 180 Å². The summed E-state index contributed by atoms with van der Waals surface area (Å²) in [7, 11) is -3.85. The summed E-state index contributed by atoms with van der Waals surface area (Å²) in [6.07, 6.45) is 0.608. The van der Waals surface area contributed by atoms with Gasteiger partial charge in [-0.2, -0.15) is 0 Å². The fraction of sp³-hybridized carbons (Fsp3) is 0.136. The quantitative estimate of drug-likeness (QED) is 0.531. The molecule has 0 heterocycles. The van der Waals surface area contributed by atoms with Crippen molar-refractivity contribution in [2.75, 3.05) is 11.3 Å². The number of hydrogen-bond donors (Lipinski definition) is 2. The third-order valence-corrected chi connectivity index (χ3v) is 5.79.